The fraction of sp³-hybridized carbons (Fsp3) is 0.348. The van der Waals surface area contributed by atoms with Crippen LogP contribution in [0.4, 0.5) is 5.00 Å². The van der Waals surface area contributed by atoms with E-state index in [4.69, 9.17) is 5.73 Å². The maximum Gasteiger partial charge on any atom is 0.264 e. The van der Waals surface area contributed by atoms with Crippen molar-refractivity contribution in [1.82, 2.24) is 15.2 Å². The van der Waals surface area contributed by atoms with Gasteiger partial charge in [0.1, 0.15) is 0 Å². The minimum absolute atomic E-state index is 0.0138. The molecule has 2 aliphatic heterocycles. The number of carbonyl (C=O) groups is 2. The van der Waals surface area contributed by atoms with Crippen molar-refractivity contribution < 1.29 is 9.59 Å². The van der Waals surface area contributed by atoms with Gasteiger partial charge in [0.15, 0.2) is 0 Å². The van der Waals surface area contributed by atoms with Gasteiger partial charge in [-0.2, -0.15) is 0 Å². The Hall–Kier alpha value is -2.59. The fourth-order valence-electron chi connectivity index (χ4n) is 4.01. The van der Waals surface area contributed by atoms with Gasteiger partial charge in [-0.25, -0.2) is 4.98 Å². The molecule has 0 radical (unpaired) electrons. The van der Waals surface area contributed by atoms with Crippen LogP contribution in [-0.2, 0) is 11.3 Å². The third-order valence-corrected chi connectivity index (χ3v) is 8.15. The van der Waals surface area contributed by atoms with Gasteiger partial charge in [0.25, 0.3) is 5.91 Å². The lowest BCUT2D eigenvalue weighted by atomic mass is 10.0. The normalized spacial score (nSPS) is 18.5. The first-order chi connectivity index (χ1) is 15.6. The molecule has 1 unspecified atom stereocenters. The van der Waals surface area contributed by atoms with Crippen LogP contribution in [0.2, 0.25) is 0 Å². The van der Waals surface area contributed by atoms with Gasteiger partial charge in [0, 0.05) is 31.7 Å². The van der Waals surface area contributed by atoms with Crippen LogP contribution in [0.15, 0.2) is 42.6 Å². The highest BCUT2D eigenvalue weighted by molar-refractivity contribution is 7.18. The number of benzene rings is 1. The Bertz CT molecular complexity index is 1110. The summed E-state index contributed by atoms with van der Waals surface area (Å²) in [4.78, 5) is 33.3. The SMILES string of the molecule is NCc1ccc(-c2cnc(C3CN(C(=O)c4ccc(NC(=O)C5CCCN5)s4)C3)s2)cc1. The molecule has 7 nitrogen and oxygen atoms in total. The highest BCUT2D eigenvalue weighted by Gasteiger charge is 2.35. The summed E-state index contributed by atoms with van der Waals surface area (Å²) in [6.07, 6.45) is 3.79. The molecule has 1 atom stereocenters. The summed E-state index contributed by atoms with van der Waals surface area (Å²) in [5.74, 6) is 0.262. The topological polar surface area (TPSA) is 100 Å². The van der Waals surface area contributed by atoms with Crippen molar-refractivity contribution >= 4 is 39.5 Å². The van der Waals surface area contributed by atoms with Crippen LogP contribution in [0.5, 0.6) is 0 Å². The number of aromatic nitrogens is 1. The predicted molar refractivity (Wildman–Crippen MR) is 128 cm³/mol. The van der Waals surface area contributed by atoms with E-state index in [0.717, 1.165) is 40.4 Å². The van der Waals surface area contributed by atoms with E-state index < -0.39 is 0 Å². The summed E-state index contributed by atoms with van der Waals surface area (Å²) in [7, 11) is 0. The van der Waals surface area contributed by atoms with Gasteiger partial charge in [-0.15, -0.1) is 22.7 Å². The number of rotatable bonds is 6. The minimum Gasteiger partial charge on any atom is -0.336 e. The lowest BCUT2D eigenvalue weighted by Crippen LogP contribution is -2.48. The maximum atomic E-state index is 12.8. The summed E-state index contributed by atoms with van der Waals surface area (Å²) >= 11 is 3.02. The highest BCUT2D eigenvalue weighted by atomic mass is 32.1. The van der Waals surface area contributed by atoms with Crippen molar-refractivity contribution in [3.63, 3.8) is 0 Å². The number of nitrogens with two attached hydrogens (primary N) is 1. The summed E-state index contributed by atoms with van der Waals surface area (Å²) in [6.45, 7) is 2.76. The number of thiazole rings is 1. The molecular weight excluding hydrogens is 442 g/mol. The first-order valence-electron chi connectivity index (χ1n) is 10.8. The van der Waals surface area contributed by atoms with E-state index in [9.17, 15) is 9.59 Å². The monoisotopic (exact) mass is 467 g/mol. The molecule has 2 aromatic heterocycles. The second-order valence-corrected chi connectivity index (χ2v) is 10.3. The molecule has 4 heterocycles. The molecule has 2 saturated heterocycles. The number of nitrogens with zero attached hydrogens (tertiary/aromatic N) is 2. The molecule has 2 aliphatic rings. The van der Waals surface area contributed by atoms with Crippen molar-refractivity contribution in [1.29, 1.82) is 0 Å². The van der Waals surface area contributed by atoms with Gasteiger partial charge in [-0.3, -0.25) is 9.59 Å². The van der Waals surface area contributed by atoms with Crippen LogP contribution in [0.1, 0.15) is 39.0 Å². The van der Waals surface area contributed by atoms with Crippen LogP contribution in [-0.4, -0.2) is 47.4 Å². The van der Waals surface area contributed by atoms with E-state index in [-0.39, 0.29) is 23.8 Å². The molecule has 0 bridgehead atoms. The predicted octanol–water partition coefficient (Wildman–Crippen LogP) is 3.26. The number of hydrogen-bond donors (Lipinski definition) is 3. The molecule has 0 spiro atoms. The lowest BCUT2D eigenvalue weighted by molar-refractivity contribution is -0.117. The van der Waals surface area contributed by atoms with E-state index in [1.54, 1.807) is 17.4 Å². The third kappa shape index (κ3) is 4.33. The van der Waals surface area contributed by atoms with Crippen LogP contribution >= 0.6 is 22.7 Å². The first-order valence-corrected chi connectivity index (χ1v) is 12.4. The van der Waals surface area contributed by atoms with Crippen molar-refractivity contribution in [2.24, 2.45) is 5.73 Å². The maximum absolute atomic E-state index is 12.8. The number of carbonyl (C=O) groups excluding carboxylic acids is 2. The standard InChI is InChI=1S/C23H25N5O2S2/c24-10-14-3-5-15(6-4-14)19-11-26-22(32-19)16-12-28(13-16)23(30)18-7-8-20(31-18)27-21(29)17-2-1-9-25-17/h3-8,11,16-17,25H,1-2,9-10,12-13,24H2,(H,27,29). The molecule has 1 aromatic carbocycles. The number of amides is 2. The van der Waals surface area contributed by atoms with Crippen LogP contribution in [0, 0.1) is 0 Å². The average Bonchev–Trinajstić information content (AvgIpc) is 3.54. The van der Waals surface area contributed by atoms with Crippen LogP contribution < -0.4 is 16.4 Å². The Labute approximate surface area is 194 Å². The van der Waals surface area contributed by atoms with E-state index in [0.29, 0.717) is 29.5 Å². The van der Waals surface area contributed by atoms with E-state index >= 15 is 0 Å². The Morgan fingerprint density at radius 1 is 1.16 bits per heavy atom. The molecule has 4 N–H and O–H groups in total. The Morgan fingerprint density at radius 3 is 2.69 bits per heavy atom. The van der Waals surface area contributed by atoms with Gasteiger partial charge >= 0.3 is 0 Å². The summed E-state index contributed by atoms with van der Waals surface area (Å²) < 4.78 is 0. The van der Waals surface area contributed by atoms with Crippen molar-refractivity contribution in [3.05, 3.63) is 58.0 Å². The molecule has 5 rings (SSSR count). The Morgan fingerprint density at radius 2 is 1.97 bits per heavy atom. The van der Waals surface area contributed by atoms with Gasteiger partial charge in [0.05, 0.1) is 25.8 Å². The largest absolute Gasteiger partial charge is 0.336 e. The minimum atomic E-state index is -0.130. The van der Waals surface area contributed by atoms with E-state index in [1.165, 1.54) is 11.3 Å². The molecule has 3 aromatic rings. The van der Waals surface area contributed by atoms with Crippen molar-refractivity contribution in [3.8, 4) is 10.4 Å². The summed E-state index contributed by atoms with van der Waals surface area (Å²) in [5, 5.41) is 7.89. The average molecular weight is 468 g/mol. The quantitative estimate of drug-likeness (QED) is 0.517. The second-order valence-electron chi connectivity index (χ2n) is 8.17. The number of anilines is 1. The second kappa shape index (κ2) is 9.11. The molecule has 0 aliphatic carbocycles. The highest BCUT2D eigenvalue weighted by Crippen LogP contribution is 2.36. The van der Waals surface area contributed by atoms with Crippen molar-refractivity contribution in [2.75, 3.05) is 25.0 Å². The summed E-state index contributed by atoms with van der Waals surface area (Å²) in [6, 6.07) is 11.7. The van der Waals surface area contributed by atoms with E-state index in [2.05, 4.69) is 27.8 Å². The fourth-order valence-corrected chi connectivity index (χ4v) is 5.89. The van der Waals surface area contributed by atoms with Crippen molar-refractivity contribution in [2.45, 2.75) is 31.3 Å². The van der Waals surface area contributed by atoms with Gasteiger partial charge in [-0.05, 0) is 42.6 Å². The van der Waals surface area contributed by atoms with Crippen LogP contribution in [0.25, 0.3) is 10.4 Å². The zero-order valence-corrected chi connectivity index (χ0v) is 19.2. The zero-order chi connectivity index (χ0) is 22.1. The van der Waals surface area contributed by atoms with E-state index in [1.807, 2.05) is 29.3 Å². The summed E-state index contributed by atoms with van der Waals surface area (Å²) in [5.41, 5.74) is 7.92. The molecular formula is C23H25N5O2S2. The van der Waals surface area contributed by atoms with Gasteiger partial charge in [0.2, 0.25) is 5.91 Å². The molecule has 2 amide bonds. The number of likely N-dealkylation sites (tertiary alicyclic amines) is 1. The number of hydrogen-bond acceptors (Lipinski definition) is 7. The number of thiophene rings is 1. The molecule has 2 fully saturated rings. The molecule has 32 heavy (non-hydrogen) atoms. The van der Waals surface area contributed by atoms with Crippen LogP contribution in [0.3, 0.4) is 0 Å². The number of nitrogens with one attached hydrogen (secondary N) is 2. The smallest absolute Gasteiger partial charge is 0.264 e. The lowest BCUT2D eigenvalue weighted by Gasteiger charge is -2.37. The van der Waals surface area contributed by atoms with Gasteiger partial charge < -0.3 is 21.3 Å². The molecule has 166 valence electrons. The Balaban J connectivity index is 1.16. The van der Waals surface area contributed by atoms with Gasteiger partial charge in [-0.1, -0.05) is 24.3 Å². The Kier molecular flexibility index (Phi) is 6.05. The molecule has 9 heteroatoms. The first kappa shape index (κ1) is 21.3. The third-order valence-electron chi connectivity index (χ3n) is 5.96. The zero-order valence-electron chi connectivity index (χ0n) is 17.5. The molecule has 0 saturated carbocycles.